The summed E-state index contributed by atoms with van der Waals surface area (Å²) in [6.07, 6.45) is 2.73. The van der Waals surface area contributed by atoms with Crippen molar-refractivity contribution in [3.8, 4) is 10.6 Å². The molecule has 0 spiro atoms. The molecule has 2 aromatic heterocycles. The van der Waals surface area contributed by atoms with Gasteiger partial charge < -0.3 is 5.73 Å². The first-order valence-corrected chi connectivity index (χ1v) is 4.82. The number of halogens is 1. The fourth-order valence-corrected chi connectivity index (χ4v) is 1.87. The van der Waals surface area contributed by atoms with Crippen LogP contribution >= 0.6 is 11.3 Å². The van der Waals surface area contributed by atoms with E-state index in [-0.39, 0.29) is 5.82 Å². The van der Waals surface area contributed by atoms with Gasteiger partial charge in [0.25, 0.3) is 0 Å². The molecule has 2 N–H and O–H groups in total. The average Bonchev–Trinajstić information content (AvgIpc) is 2.47. The minimum Gasteiger partial charge on any atom is -0.389 e. The van der Waals surface area contributed by atoms with Crippen LogP contribution in [0.15, 0.2) is 18.5 Å². The van der Waals surface area contributed by atoms with Gasteiger partial charge in [-0.15, -0.1) is 0 Å². The first kappa shape index (κ1) is 9.08. The average molecular weight is 209 g/mol. The zero-order chi connectivity index (χ0) is 10.1. The molecule has 5 heteroatoms. The van der Waals surface area contributed by atoms with E-state index < -0.39 is 0 Å². The quantitative estimate of drug-likeness (QED) is 0.783. The minimum atomic E-state index is -0.367. The lowest BCUT2D eigenvalue weighted by atomic mass is 10.3. The number of aromatic nitrogens is 2. The summed E-state index contributed by atoms with van der Waals surface area (Å²) in [5.74, 6) is -0.367. The lowest BCUT2D eigenvalue weighted by molar-refractivity contribution is 0.622. The Hall–Kier alpha value is -1.49. The molecule has 2 rings (SSSR count). The number of thiazole rings is 1. The van der Waals surface area contributed by atoms with E-state index in [1.165, 1.54) is 17.4 Å². The monoisotopic (exact) mass is 209 g/mol. The van der Waals surface area contributed by atoms with Gasteiger partial charge in [-0.05, 0) is 13.0 Å². The van der Waals surface area contributed by atoms with E-state index in [2.05, 4.69) is 9.97 Å². The predicted octanol–water partition coefficient (Wildman–Crippen LogP) is 2.23. The number of anilines is 1. The van der Waals surface area contributed by atoms with E-state index in [1.54, 1.807) is 6.20 Å². The SMILES string of the molecule is Cc1nc(-c2cncc(F)c2)sc1N. The van der Waals surface area contributed by atoms with E-state index in [1.807, 2.05) is 6.92 Å². The molecule has 2 aromatic rings. The third kappa shape index (κ3) is 1.58. The molecule has 0 amide bonds. The smallest absolute Gasteiger partial charge is 0.142 e. The van der Waals surface area contributed by atoms with Crippen LogP contribution in [0.5, 0.6) is 0 Å². The molecule has 0 atom stereocenters. The Labute approximate surface area is 84.4 Å². The number of nitrogens with two attached hydrogens (primary N) is 1. The van der Waals surface area contributed by atoms with Gasteiger partial charge in [0.2, 0.25) is 0 Å². The summed E-state index contributed by atoms with van der Waals surface area (Å²) in [5, 5.41) is 1.36. The summed E-state index contributed by atoms with van der Waals surface area (Å²) in [5.41, 5.74) is 7.09. The summed E-state index contributed by atoms with van der Waals surface area (Å²) in [6.45, 7) is 1.82. The first-order chi connectivity index (χ1) is 6.66. The molecule has 0 aliphatic rings. The molecule has 2 heterocycles. The minimum absolute atomic E-state index is 0.367. The van der Waals surface area contributed by atoms with Crippen LogP contribution in [0.3, 0.4) is 0 Å². The molecule has 0 aliphatic carbocycles. The highest BCUT2D eigenvalue weighted by Crippen LogP contribution is 2.28. The Balaban J connectivity index is 2.49. The second-order valence-corrected chi connectivity index (χ2v) is 3.89. The zero-order valence-electron chi connectivity index (χ0n) is 7.49. The molecule has 14 heavy (non-hydrogen) atoms. The van der Waals surface area contributed by atoms with E-state index in [0.29, 0.717) is 15.6 Å². The fourth-order valence-electron chi connectivity index (χ4n) is 1.06. The van der Waals surface area contributed by atoms with Crippen LogP contribution in [-0.2, 0) is 0 Å². The standard InChI is InChI=1S/C9H8FN3S/c1-5-8(11)14-9(13-5)6-2-7(10)4-12-3-6/h2-4H,11H2,1H3. The van der Waals surface area contributed by atoms with Crippen LogP contribution < -0.4 is 5.73 Å². The van der Waals surface area contributed by atoms with Crippen LogP contribution in [0.2, 0.25) is 0 Å². The highest BCUT2D eigenvalue weighted by Gasteiger charge is 2.07. The molecule has 0 unspecified atom stereocenters. The maximum Gasteiger partial charge on any atom is 0.142 e. The molecule has 0 aliphatic heterocycles. The Morgan fingerprint density at radius 3 is 2.79 bits per heavy atom. The Bertz CT molecular complexity index is 447. The van der Waals surface area contributed by atoms with Gasteiger partial charge in [-0.3, -0.25) is 4.98 Å². The predicted molar refractivity (Wildman–Crippen MR) is 54.5 cm³/mol. The molecule has 3 nitrogen and oxygen atoms in total. The largest absolute Gasteiger partial charge is 0.389 e. The number of hydrogen-bond donors (Lipinski definition) is 1. The van der Waals surface area contributed by atoms with Crippen LogP contribution in [0.1, 0.15) is 5.69 Å². The number of pyridine rings is 1. The number of aryl methyl sites for hydroxylation is 1. The van der Waals surface area contributed by atoms with E-state index >= 15 is 0 Å². The van der Waals surface area contributed by atoms with Crippen molar-refractivity contribution >= 4 is 16.3 Å². The summed E-state index contributed by atoms with van der Waals surface area (Å²) in [6, 6.07) is 1.39. The van der Waals surface area contributed by atoms with Gasteiger partial charge in [0.1, 0.15) is 15.8 Å². The number of nitrogens with zero attached hydrogens (tertiary/aromatic N) is 2. The molecule has 0 radical (unpaired) electrons. The Morgan fingerprint density at radius 2 is 2.21 bits per heavy atom. The van der Waals surface area contributed by atoms with Gasteiger partial charge in [0.05, 0.1) is 11.9 Å². The van der Waals surface area contributed by atoms with Crippen LogP contribution in [0, 0.1) is 12.7 Å². The van der Waals surface area contributed by atoms with E-state index in [9.17, 15) is 4.39 Å². The number of hydrogen-bond acceptors (Lipinski definition) is 4. The van der Waals surface area contributed by atoms with E-state index in [4.69, 9.17) is 5.73 Å². The summed E-state index contributed by atoms with van der Waals surface area (Å²) in [4.78, 5) is 7.96. The van der Waals surface area contributed by atoms with Gasteiger partial charge in [-0.1, -0.05) is 11.3 Å². The van der Waals surface area contributed by atoms with Gasteiger partial charge in [-0.2, -0.15) is 0 Å². The van der Waals surface area contributed by atoms with Crippen molar-refractivity contribution in [3.05, 3.63) is 30.0 Å². The van der Waals surface area contributed by atoms with Crippen molar-refractivity contribution in [2.24, 2.45) is 0 Å². The van der Waals surface area contributed by atoms with Crippen molar-refractivity contribution in [2.45, 2.75) is 6.92 Å². The maximum absolute atomic E-state index is 12.8. The zero-order valence-corrected chi connectivity index (χ0v) is 8.31. The molecule has 0 aromatic carbocycles. The Kier molecular flexibility index (Phi) is 2.17. The second kappa shape index (κ2) is 3.34. The Morgan fingerprint density at radius 1 is 1.43 bits per heavy atom. The maximum atomic E-state index is 12.8. The van der Waals surface area contributed by atoms with Crippen LogP contribution in [0.25, 0.3) is 10.6 Å². The topological polar surface area (TPSA) is 51.8 Å². The summed E-state index contributed by atoms with van der Waals surface area (Å²) in [7, 11) is 0. The molecular weight excluding hydrogens is 201 g/mol. The lowest BCUT2D eigenvalue weighted by Crippen LogP contribution is -1.83. The third-order valence-corrected chi connectivity index (χ3v) is 2.82. The van der Waals surface area contributed by atoms with Crippen LogP contribution in [-0.4, -0.2) is 9.97 Å². The van der Waals surface area contributed by atoms with E-state index in [0.717, 1.165) is 11.9 Å². The van der Waals surface area contributed by atoms with Crippen molar-refractivity contribution < 1.29 is 4.39 Å². The first-order valence-electron chi connectivity index (χ1n) is 4.00. The van der Waals surface area contributed by atoms with Crippen molar-refractivity contribution in [1.29, 1.82) is 0 Å². The summed E-state index contributed by atoms with van der Waals surface area (Å²) < 4.78 is 12.8. The number of nitrogen functional groups attached to an aromatic ring is 1. The van der Waals surface area contributed by atoms with Gasteiger partial charge in [0.15, 0.2) is 0 Å². The number of rotatable bonds is 1. The molecular formula is C9H8FN3S. The van der Waals surface area contributed by atoms with Crippen molar-refractivity contribution in [2.75, 3.05) is 5.73 Å². The van der Waals surface area contributed by atoms with Gasteiger partial charge in [-0.25, -0.2) is 9.37 Å². The van der Waals surface area contributed by atoms with Gasteiger partial charge in [0, 0.05) is 11.8 Å². The van der Waals surface area contributed by atoms with Crippen molar-refractivity contribution in [3.63, 3.8) is 0 Å². The normalized spacial score (nSPS) is 10.4. The molecule has 0 fully saturated rings. The molecule has 0 saturated heterocycles. The van der Waals surface area contributed by atoms with Crippen LogP contribution in [0.4, 0.5) is 9.39 Å². The second-order valence-electron chi connectivity index (χ2n) is 2.86. The third-order valence-electron chi connectivity index (χ3n) is 1.78. The molecule has 0 saturated carbocycles. The summed E-state index contributed by atoms with van der Waals surface area (Å²) >= 11 is 1.34. The van der Waals surface area contributed by atoms with Gasteiger partial charge >= 0.3 is 0 Å². The fraction of sp³-hybridized carbons (Fsp3) is 0.111. The molecule has 0 bridgehead atoms. The highest BCUT2D eigenvalue weighted by atomic mass is 32.1. The molecule has 72 valence electrons. The van der Waals surface area contributed by atoms with Crippen molar-refractivity contribution in [1.82, 2.24) is 9.97 Å². The highest BCUT2D eigenvalue weighted by molar-refractivity contribution is 7.18. The lowest BCUT2D eigenvalue weighted by Gasteiger charge is -1.93.